The number of carboxylic acids is 1. The van der Waals surface area contributed by atoms with Crippen molar-refractivity contribution >= 4 is 5.97 Å². The van der Waals surface area contributed by atoms with Gasteiger partial charge in [-0.25, -0.2) is 9.18 Å². The molecule has 0 atom stereocenters. The normalized spacial score (nSPS) is 10.2. The Labute approximate surface area is 91.7 Å². The van der Waals surface area contributed by atoms with Crippen molar-refractivity contribution in [3.63, 3.8) is 0 Å². The highest BCUT2D eigenvalue weighted by Gasteiger charge is 2.18. The fourth-order valence-electron chi connectivity index (χ4n) is 1.13. The van der Waals surface area contributed by atoms with Crippen molar-refractivity contribution in [3.05, 3.63) is 29.3 Å². The molecule has 0 radical (unpaired) electrons. The molecule has 0 aromatic heterocycles. The van der Waals surface area contributed by atoms with Gasteiger partial charge in [0.05, 0.1) is 12.2 Å². The van der Waals surface area contributed by atoms with Crippen LogP contribution in [0.15, 0.2) is 12.1 Å². The van der Waals surface area contributed by atoms with Crippen molar-refractivity contribution in [2.75, 3.05) is 6.61 Å². The van der Waals surface area contributed by atoms with E-state index in [-0.39, 0.29) is 12.4 Å². The summed E-state index contributed by atoms with van der Waals surface area (Å²) >= 11 is 0. The largest absolute Gasteiger partial charge is 0.490 e. The molecule has 0 unspecified atom stereocenters. The summed E-state index contributed by atoms with van der Waals surface area (Å²) in [6.45, 7) is 2.22. The lowest BCUT2D eigenvalue weighted by Crippen LogP contribution is -2.06. The van der Waals surface area contributed by atoms with Crippen LogP contribution in [-0.4, -0.2) is 17.7 Å². The molecule has 16 heavy (non-hydrogen) atoms. The van der Waals surface area contributed by atoms with Gasteiger partial charge in [0.2, 0.25) is 5.82 Å². The lowest BCUT2D eigenvalue weighted by molar-refractivity contribution is 0.0690. The van der Waals surface area contributed by atoms with Gasteiger partial charge in [-0.05, 0) is 18.6 Å². The van der Waals surface area contributed by atoms with Gasteiger partial charge in [0.15, 0.2) is 11.6 Å². The van der Waals surface area contributed by atoms with E-state index >= 15 is 0 Å². The fourth-order valence-corrected chi connectivity index (χ4v) is 1.13. The summed E-state index contributed by atoms with van der Waals surface area (Å²) in [4.78, 5) is 10.5. The highest BCUT2D eigenvalue weighted by Crippen LogP contribution is 2.22. The number of benzene rings is 1. The number of hydrogen-bond acceptors (Lipinski definition) is 2. The van der Waals surface area contributed by atoms with Crippen molar-refractivity contribution in [2.45, 2.75) is 19.8 Å². The van der Waals surface area contributed by atoms with Crippen LogP contribution >= 0.6 is 0 Å². The van der Waals surface area contributed by atoms with Crippen LogP contribution in [0.2, 0.25) is 0 Å². The van der Waals surface area contributed by atoms with Crippen LogP contribution in [0.25, 0.3) is 0 Å². The zero-order valence-corrected chi connectivity index (χ0v) is 8.80. The van der Waals surface area contributed by atoms with E-state index in [0.717, 1.165) is 25.0 Å². The fraction of sp³-hybridized carbons (Fsp3) is 0.364. The summed E-state index contributed by atoms with van der Waals surface area (Å²) < 4.78 is 31.5. The molecule has 0 spiro atoms. The summed E-state index contributed by atoms with van der Waals surface area (Å²) in [5, 5.41) is 8.55. The molecule has 1 aromatic carbocycles. The molecule has 0 aliphatic heterocycles. The van der Waals surface area contributed by atoms with Crippen molar-refractivity contribution in [1.29, 1.82) is 0 Å². The van der Waals surface area contributed by atoms with Crippen molar-refractivity contribution in [1.82, 2.24) is 0 Å². The van der Waals surface area contributed by atoms with E-state index < -0.39 is 23.2 Å². The lowest BCUT2D eigenvalue weighted by Gasteiger charge is -2.07. The predicted molar refractivity (Wildman–Crippen MR) is 53.7 cm³/mol. The zero-order chi connectivity index (χ0) is 12.1. The minimum atomic E-state index is -1.50. The Bertz CT molecular complexity index is 391. The molecule has 0 bridgehead atoms. The van der Waals surface area contributed by atoms with Gasteiger partial charge < -0.3 is 9.84 Å². The maximum absolute atomic E-state index is 13.3. The first-order chi connectivity index (χ1) is 7.57. The van der Waals surface area contributed by atoms with E-state index in [1.807, 2.05) is 6.92 Å². The molecule has 0 saturated carbocycles. The van der Waals surface area contributed by atoms with Gasteiger partial charge in [-0.15, -0.1) is 0 Å². The number of unbranched alkanes of at least 4 members (excludes halogenated alkanes) is 1. The average molecular weight is 230 g/mol. The summed E-state index contributed by atoms with van der Waals surface area (Å²) in [7, 11) is 0. The van der Waals surface area contributed by atoms with Gasteiger partial charge in [0, 0.05) is 0 Å². The van der Waals surface area contributed by atoms with Gasteiger partial charge in [-0.1, -0.05) is 13.3 Å². The molecule has 0 amide bonds. The van der Waals surface area contributed by atoms with E-state index in [9.17, 15) is 13.6 Å². The number of halogens is 2. The quantitative estimate of drug-likeness (QED) is 0.791. The standard InChI is InChI=1S/C11H12F2O3/c1-2-3-6-16-8-5-4-7(11(14)15)9(12)10(8)13/h4-5H,2-3,6H2,1H3,(H,14,15). The first kappa shape index (κ1) is 12.4. The third-order valence-electron chi connectivity index (χ3n) is 2.03. The maximum atomic E-state index is 13.3. The molecule has 1 rings (SSSR count). The second-order valence-corrected chi connectivity index (χ2v) is 3.25. The molecule has 1 N–H and O–H groups in total. The molecule has 3 nitrogen and oxygen atoms in total. The van der Waals surface area contributed by atoms with E-state index in [4.69, 9.17) is 9.84 Å². The van der Waals surface area contributed by atoms with E-state index in [1.54, 1.807) is 0 Å². The third-order valence-corrected chi connectivity index (χ3v) is 2.03. The topological polar surface area (TPSA) is 46.5 Å². The second-order valence-electron chi connectivity index (χ2n) is 3.25. The van der Waals surface area contributed by atoms with Crippen molar-refractivity contribution in [2.24, 2.45) is 0 Å². The smallest absolute Gasteiger partial charge is 0.338 e. The lowest BCUT2D eigenvalue weighted by atomic mass is 10.2. The average Bonchev–Trinajstić information content (AvgIpc) is 2.24. The van der Waals surface area contributed by atoms with Gasteiger partial charge in [-0.2, -0.15) is 4.39 Å². The molecule has 0 aliphatic rings. The van der Waals surface area contributed by atoms with E-state index in [0.29, 0.717) is 0 Å². The third kappa shape index (κ3) is 2.68. The number of aromatic carboxylic acids is 1. The first-order valence-corrected chi connectivity index (χ1v) is 4.92. The zero-order valence-electron chi connectivity index (χ0n) is 8.80. The Morgan fingerprint density at radius 3 is 2.62 bits per heavy atom. The minimum absolute atomic E-state index is 0.254. The number of ether oxygens (including phenoxy) is 1. The van der Waals surface area contributed by atoms with Gasteiger partial charge >= 0.3 is 5.97 Å². The SMILES string of the molecule is CCCCOc1ccc(C(=O)O)c(F)c1F. The Balaban J connectivity index is 2.89. The predicted octanol–water partition coefficient (Wildman–Crippen LogP) is 2.84. The van der Waals surface area contributed by atoms with Crippen LogP contribution < -0.4 is 4.74 Å². The Kier molecular flexibility index (Phi) is 4.22. The highest BCUT2D eigenvalue weighted by molar-refractivity contribution is 5.88. The van der Waals surface area contributed by atoms with Gasteiger partial charge in [-0.3, -0.25) is 0 Å². The molecular formula is C11H12F2O3. The summed E-state index contributed by atoms with van der Waals surface area (Å²) in [6.07, 6.45) is 1.60. The van der Waals surface area contributed by atoms with Crippen LogP contribution in [-0.2, 0) is 0 Å². The summed E-state index contributed by atoms with van der Waals surface area (Å²) in [6, 6.07) is 2.11. The van der Waals surface area contributed by atoms with Gasteiger partial charge in [0.1, 0.15) is 0 Å². The highest BCUT2D eigenvalue weighted by atomic mass is 19.2. The monoisotopic (exact) mass is 230 g/mol. The molecule has 0 heterocycles. The van der Waals surface area contributed by atoms with E-state index in [1.165, 1.54) is 0 Å². The van der Waals surface area contributed by atoms with E-state index in [2.05, 4.69) is 0 Å². The van der Waals surface area contributed by atoms with Crippen LogP contribution in [0.5, 0.6) is 5.75 Å². The van der Waals surface area contributed by atoms with Crippen molar-refractivity contribution in [3.8, 4) is 5.75 Å². The van der Waals surface area contributed by atoms with Crippen LogP contribution in [0.1, 0.15) is 30.1 Å². The molecule has 0 saturated heterocycles. The Morgan fingerprint density at radius 2 is 2.06 bits per heavy atom. The van der Waals surface area contributed by atoms with Crippen LogP contribution in [0.4, 0.5) is 8.78 Å². The van der Waals surface area contributed by atoms with Crippen LogP contribution in [0, 0.1) is 11.6 Å². The second kappa shape index (κ2) is 5.44. The Hall–Kier alpha value is -1.65. The molecule has 1 aromatic rings. The number of carbonyl (C=O) groups is 1. The molecule has 88 valence electrons. The van der Waals surface area contributed by atoms with Gasteiger partial charge in [0.25, 0.3) is 0 Å². The summed E-state index contributed by atoms with van der Waals surface area (Å²) in [5.41, 5.74) is -0.694. The summed E-state index contributed by atoms with van der Waals surface area (Å²) in [5.74, 6) is -4.40. The molecular weight excluding hydrogens is 218 g/mol. The molecule has 5 heteroatoms. The molecule has 0 aliphatic carbocycles. The van der Waals surface area contributed by atoms with Crippen molar-refractivity contribution < 1.29 is 23.4 Å². The number of hydrogen-bond donors (Lipinski definition) is 1. The van der Waals surface area contributed by atoms with Crippen LogP contribution in [0.3, 0.4) is 0 Å². The number of carboxylic acid groups (broad SMARTS) is 1. The molecule has 0 fully saturated rings. The minimum Gasteiger partial charge on any atom is -0.490 e. The number of rotatable bonds is 5. The maximum Gasteiger partial charge on any atom is 0.338 e. The Morgan fingerprint density at radius 1 is 1.38 bits per heavy atom. The first-order valence-electron chi connectivity index (χ1n) is 4.92.